The van der Waals surface area contributed by atoms with E-state index in [1.807, 2.05) is 6.92 Å². The van der Waals surface area contributed by atoms with Gasteiger partial charge in [-0.3, -0.25) is 5.10 Å². The maximum Gasteiger partial charge on any atom is 0.195 e. The fraction of sp³-hybridized carbons (Fsp3) is 0.750. The highest BCUT2D eigenvalue weighted by molar-refractivity contribution is 7.90. The fourth-order valence-electron chi connectivity index (χ4n) is 1.27. The number of aromatic amines is 1. The third-order valence-electron chi connectivity index (χ3n) is 2.24. The third kappa shape index (κ3) is 2.66. The highest BCUT2D eigenvalue weighted by atomic mass is 32.2. The number of nitrogens with zero attached hydrogens (tertiary/aromatic N) is 2. The first-order valence-corrected chi connectivity index (χ1v) is 7.08. The molecule has 7 heteroatoms. The molecule has 0 aliphatic carbocycles. The molecule has 0 fully saturated rings. The lowest BCUT2D eigenvalue weighted by molar-refractivity contribution is 0.576. The second-order valence-electron chi connectivity index (χ2n) is 3.51. The van der Waals surface area contributed by atoms with Gasteiger partial charge in [0, 0.05) is 12.8 Å². The number of rotatable bonds is 4. The van der Waals surface area contributed by atoms with Crippen molar-refractivity contribution in [1.82, 2.24) is 14.8 Å². The van der Waals surface area contributed by atoms with Gasteiger partial charge in [-0.15, -0.1) is 0 Å². The largest absolute Gasteiger partial charge is 0.303 e. The van der Waals surface area contributed by atoms with Crippen molar-refractivity contribution in [3.63, 3.8) is 0 Å². The Morgan fingerprint density at radius 1 is 1.60 bits per heavy atom. The first-order chi connectivity index (χ1) is 6.88. The van der Waals surface area contributed by atoms with Crippen LogP contribution in [0.15, 0.2) is 0 Å². The van der Waals surface area contributed by atoms with E-state index < -0.39 is 15.1 Å². The van der Waals surface area contributed by atoms with Crippen LogP contribution in [-0.4, -0.2) is 29.4 Å². The molecule has 0 aliphatic rings. The van der Waals surface area contributed by atoms with Gasteiger partial charge in [-0.05, 0) is 25.6 Å². The molecule has 0 spiro atoms. The first kappa shape index (κ1) is 12.4. The number of H-pyrrole nitrogens is 1. The zero-order valence-electron chi connectivity index (χ0n) is 9.02. The molecule has 0 saturated heterocycles. The number of nitrogens with one attached hydrogen (secondary N) is 1. The van der Waals surface area contributed by atoms with Crippen LogP contribution in [0.2, 0.25) is 0 Å². The minimum absolute atomic E-state index is 0.474. The van der Waals surface area contributed by atoms with Crippen LogP contribution >= 0.6 is 12.2 Å². The van der Waals surface area contributed by atoms with Crippen LogP contribution in [0.3, 0.4) is 0 Å². The molecular formula is C8H15N3O2S2. The summed E-state index contributed by atoms with van der Waals surface area (Å²) in [7, 11) is -3.13. The second-order valence-corrected chi connectivity index (χ2v) is 6.26. The molecular weight excluding hydrogens is 234 g/mol. The average molecular weight is 249 g/mol. The molecule has 1 aromatic heterocycles. The van der Waals surface area contributed by atoms with Gasteiger partial charge in [-0.1, -0.05) is 6.92 Å². The van der Waals surface area contributed by atoms with Crippen LogP contribution in [0.25, 0.3) is 0 Å². The molecule has 0 saturated carbocycles. The molecule has 5 nitrogen and oxygen atoms in total. The molecule has 0 amide bonds. The zero-order valence-corrected chi connectivity index (χ0v) is 10.7. The summed E-state index contributed by atoms with van der Waals surface area (Å²) in [6.07, 6.45) is 2.09. The molecule has 1 unspecified atom stereocenters. The van der Waals surface area contributed by atoms with Crippen molar-refractivity contribution in [2.45, 2.75) is 32.1 Å². The summed E-state index contributed by atoms with van der Waals surface area (Å²) in [5.41, 5.74) is 0. The Labute approximate surface area is 94.4 Å². The second kappa shape index (κ2) is 4.44. The summed E-state index contributed by atoms with van der Waals surface area (Å²) in [4.78, 5) is 0. The van der Waals surface area contributed by atoms with E-state index >= 15 is 0 Å². The maximum absolute atomic E-state index is 11.4. The van der Waals surface area contributed by atoms with Crippen molar-refractivity contribution >= 4 is 22.1 Å². The van der Waals surface area contributed by atoms with E-state index in [0.717, 1.165) is 6.42 Å². The van der Waals surface area contributed by atoms with Crippen LogP contribution < -0.4 is 0 Å². The topological polar surface area (TPSA) is 67.8 Å². The number of sulfone groups is 1. The van der Waals surface area contributed by atoms with Crippen molar-refractivity contribution in [2.24, 2.45) is 0 Å². The van der Waals surface area contributed by atoms with Gasteiger partial charge in [0.05, 0.1) is 0 Å². The van der Waals surface area contributed by atoms with Crippen molar-refractivity contribution in [3.05, 3.63) is 10.6 Å². The van der Waals surface area contributed by atoms with E-state index in [4.69, 9.17) is 12.2 Å². The van der Waals surface area contributed by atoms with Crippen molar-refractivity contribution in [2.75, 3.05) is 6.26 Å². The number of hydrogen-bond acceptors (Lipinski definition) is 4. The standard InChI is InChI=1S/C8H15N3O2S2/c1-4-5-11-7(9-10-8(11)14)6(2)15(3,12)13/h6H,4-5H2,1-3H3,(H,10,14). The fourth-order valence-corrected chi connectivity index (χ4v) is 2.06. The Kier molecular flexibility index (Phi) is 3.67. The lowest BCUT2D eigenvalue weighted by Gasteiger charge is -2.10. The van der Waals surface area contributed by atoms with Gasteiger partial charge in [-0.2, -0.15) is 5.10 Å². The van der Waals surface area contributed by atoms with E-state index in [1.165, 1.54) is 6.26 Å². The highest BCUT2D eigenvalue weighted by Gasteiger charge is 2.22. The SMILES string of the molecule is CCCn1c(C(C)S(C)(=O)=O)n[nH]c1=S. The zero-order chi connectivity index (χ0) is 11.6. The summed E-state index contributed by atoms with van der Waals surface area (Å²) >= 11 is 5.03. The third-order valence-corrected chi connectivity index (χ3v) is 4.05. The number of hydrogen-bond donors (Lipinski definition) is 1. The monoisotopic (exact) mass is 249 g/mol. The normalized spacial score (nSPS) is 14.1. The minimum atomic E-state index is -3.13. The van der Waals surface area contributed by atoms with E-state index in [9.17, 15) is 8.42 Å². The predicted molar refractivity (Wildman–Crippen MR) is 61.0 cm³/mol. The Morgan fingerprint density at radius 2 is 2.20 bits per heavy atom. The summed E-state index contributed by atoms with van der Waals surface area (Å²) in [6, 6.07) is 0. The molecule has 1 atom stereocenters. The molecule has 1 heterocycles. The summed E-state index contributed by atoms with van der Waals surface area (Å²) in [5, 5.41) is 5.97. The van der Waals surface area contributed by atoms with Crippen LogP contribution in [0.4, 0.5) is 0 Å². The van der Waals surface area contributed by atoms with Crippen LogP contribution in [-0.2, 0) is 16.4 Å². The molecule has 0 radical (unpaired) electrons. The Bertz CT molecular complexity index is 486. The molecule has 0 aliphatic heterocycles. The minimum Gasteiger partial charge on any atom is -0.303 e. The highest BCUT2D eigenvalue weighted by Crippen LogP contribution is 2.18. The maximum atomic E-state index is 11.4. The van der Waals surface area contributed by atoms with E-state index in [0.29, 0.717) is 17.1 Å². The van der Waals surface area contributed by atoms with E-state index in [1.54, 1.807) is 11.5 Å². The van der Waals surface area contributed by atoms with Gasteiger partial charge in [0.15, 0.2) is 14.6 Å². The first-order valence-electron chi connectivity index (χ1n) is 4.72. The van der Waals surface area contributed by atoms with Gasteiger partial charge in [0.2, 0.25) is 0 Å². The van der Waals surface area contributed by atoms with Gasteiger partial charge in [0.1, 0.15) is 11.1 Å². The lowest BCUT2D eigenvalue weighted by Crippen LogP contribution is -2.14. The molecule has 86 valence electrons. The van der Waals surface area contributed by atoms with Crippen molar-refractivity contribution < 1.29 is 8.42 Å². The van der Waals surface area contributed by atoms with Gasteiger partial charge in [-0.25, -0.2) is 8.42 Å². The van der Waals surface area contributed by atoms with Crippen LogP contribution in [0.1, 0.15) is 31.3 Å². The van der Waals surface area contributed by atoms with Crippen molar-refractivity contribution in [3.8, 4) is 0 Å². The molecule has 1 aromatic rings. The van der Waals surface area contributed by atoms with Gasteiger partial charge >= 0.3 is 0 Å². The molecule has 15 heavy (non-hydrogen) atoms. The van der Waals surface area contributed by atoms with E-state index in [-0.39, 0.29) is 0 Å². The lowest BCUT2D eigenvalue weighted by atomic mass is 10.4. The predicted octanol–water partition coefficient (Wildman–Crippen LogP) is 1.46. The average Bonchev–Trinajstić information content (AvgIpc) is 2.46. The summed E-state index contributed by atoms with van der Waals surface area (Å²) < 4.78 is 25.0. The Morgan fingerprint density at radius 3 is 2.67 bits per heavy atom. The van der Waals surface area contributed by atoms with Gasteiger partial charge in [0.25, 0.3) is 0 Å². The Balaban J connectivity index is 3.21. The van der Waals surface area contributed by atoms with Crippen LogP contribution in [0.5, 0.6) is 0 Å². The molecule has 0 bridgehead atoms. The number of aromatic nitrogens is 3. The summed E-state index contributed by atoms with van der Waals surface area (Å²) in [6.45, 7) is 4.31. The van der Waals surface area contributed by atoms with Gasteiger partial charge < -0.3 is 4.57 Å². The smallest absolute Gasteiger partial charge is 0.195 e. The van der Waals surface area contributed by atoms with E-state index in [2.05, 4.69) is 10.2 Å². The summed E-state index contributed by atoms with van der Waals surface area (Å²) in [5.74, 6) is 0.490. The Hall–Kier alpha value is -0.690. The molecule has 1 N–H and O–H groups in total. The van der Waals surface area contributed by atoms with Crippen LogP contribution in [0, 0.1) is 4.77 Å². The van der Waals surface area contributed by atoms with Crippen molar-refractivity contribution in [1.29, 1.82) is 0 Å². The quantitative estimate of drug-likeness (QED) is 0.820. The molecule has 0 aromatic carbocycles. The molecule has 1 rings (SSSR count).